The number of nitrogens with one attached hydrogen (secondary N) is 2. The van der Waals surface area contributed by atoms with Crippen molar-refractivity contribution in [2.45, 2.75) is 19.9 Å². The van der Waals surface area contributed by atoms with Crippen LogP contribution in [-0.2, 0) is 6.54 Å². The maximum Gasteiger partial charge on any atom is 0.315 e. The molecule has 1 aromatic heterocycles. The van der Waals surface area contributed by atoms with E-state index >= 15 is 0 Å². The van der Waals surface area contributed by atoms with Crippen molar-refractivity contribution in [3.05, 3.63) is 24.2 Å². The molecule has 0 atom stereocenters. The summed E-state index contributed by atoms with van der Waals surface area (Å²) in [5, 5.41) is 5.42. The molecule has 2 amide bonds. The summed E-state index contributed by atoms with van der Waals surface area (Å²) in [6.07, 6.45) is 4.14. The molecule has 4 heteroatoms. The Bertz CT molecular complexity index is 244. The molecule has 72 valence electrons. The second-order valence-electron chi connectivity index (χ2n) is 2.74. The van der Waals surface area contributed by atoms with Crippen LogP contribution in [0.4, 0.5) is 4.79 Å². The maximum atomic E-state index is 11.0. The van der Waals surface area contributed by atoms with Crippen molar-refractivity contribution in [3.8, 4) is 0 Å². The number of hydrogen-bond donors (Lipinski definition) is 2. The van der Waals surface area contributed by atoms with Crippen LogP contribution in [0.5, 0.6) is 0 Å². The summed E-state index contributed by atoms with van der Waals surface area (Å²) in [4.78, 5) is 11.0. The molecule has 0 bridgehead atoms. The van der Waals surface area contributed by atoms with E-state index in [-0.39, 0.29) is 6.03 Å². The number of furan rings is 1. The van der Waals surface area contributed by atoms with Gasteiger partial charge in [-0.3, -0.25) is 0 Å². The fraction of sp³-hybridized carbons (Fsp3) is 0.444. The van der Waals surface area contributed by atoms with Crippen LogP contribution in [-0.4, -0.2) is 12.6 Å². The smallest absolute Gasteiger partial charge is 0.315 e. The van der Waals surface area contributed by atoms with E-state index in [1.165, 1.54) is 0 Å². The summed E-state index contributed by atoms with van der Waals surface area (Å²) in [6.45, 7) is 3.22. The maximum absolute atomic E-state index is 11.0. The van der Waals surface area contributed by atoms with Crippen molar-refractivity contribution in [2.24, 2.45) is 0 Å². The Morgan fingerprint density at radius 3 is 3.00 bits per heavy atom. The highest BCUT2D eigenvalue weighted by atomic mass is 16.3. The first-order chi connectivity index (χ1) is 6.33. The van der Waals surface area contributed by atoms with Crippen LogP contribution in [0.1, 0.15) is 18.9 Å². The number of hydrogen-bond acceptors (Lipinski definition) is 2. The Morgan fingerprint density at radius 1 is 1.54 bits per heavy atom. The summed E-state index contributed by atoms with van der Waals surface area (Å²) in [7, 11) is 0. The van der Waals surface area contributed by atoms with Crippen molar-refractivity contribution < 1.29 is 9.21 Å². The molecule has 0 saturated heterocycles. The van der Waals surface area contributed by atoms with Gasteiger partial charge in [0.2, 0.25) is 0 Å². The molecule has 13 heavy (non-hydrogen) atoms. The van der Waals surface area contributed by atoms with Crippen molar-refractivity contribution >= 4 is 6.03 Å². The van der Waals surface area contributed by atoms with Crippen molar-refractivity contribution in [1.29, 1.82) is 0 Å². The third-order valence-corrected chi connectivity index (χ3v) is 1.57. The highest BCUT2D eigenvalue weighted by molar-refractivity contribution is 5.73. The van der Waals surface area contributed by atoms with E-state index in [2.05, 4.69) is 10.6 Å². The number of carbonyl (C=O) groups is 1. The van der Waals surface area contributed by atoms with Crippen molar-refractivity contribution in [2.75, 3.05) is 6.54 Å². The van der Waals surface area contributed by atoms with Gasteiger partial charge in [-0.1, -0.05) is 6.92 Å². The first-order valence-electron chi connectivity index (χ1n) is 4.35. The molecule has 0 fully saturated rings. The van der Waals surface area contributed by atoms with Crippen LogP contribution >= 0.6 is 0 Å². The van der Waals surface area contributed by atoms with Gasteiger partial charge in [0.1, 0.15) is 0 Å². The molecule has 0 aromatic carbocycles. The first kappa shape index (κ1) is 9.64. The second kappa shape index (κ2) is 5.24. The van der Waals surface area contributed by atoms with Crippen LogP contribution in [0.15, 0.2) is 23.0 Å². The highest BCUT2D eigenvalue weighted by Crippen LogP contribution is 1.97. The molecule has 0 saturated carbocycles. The number of amides is 2. The monoisotopic (exact) mass is 182 g/mol. The summed E-state index contributed by atoms with van der Waals surface area (Å²) >= 11 is 0. The number of urea groups is 1. The predicted octanol–water partition coefficient (Wildman–Crippen LogP) is 1.49. The Morgan fingerprint density at radius 2 is 2.38 bits per heavy atom. The summed E-state index contributed by atoms with van der Waals surface area (Å²) in [5.41, 5.74) is 0.964. The molecular weight excluding hydrogens is 168 g/mol. The first-order valence-corrected chi connectivity index (χ1v) is 4.35. The molecule has 0 unspecified atom stereocenters. The SMILES string of the molecule is CCCNC(=O)NCc1ccoc1. The Balaban J connectivity index is 2.15. The van der Waals surface area contributed by atoms with E-state index in [4.69, 9.17) is 4.42 Å². The fourth-order valence-corrected chi connectivity index (χ4v) is 0.877. The van der Waals surface area contributed by atoms with Gasteiger partial charge in [-0.15, -0.1) is 0 Å². The molecule has 1 rings (SSSR count). The highest BCUT2D eigenvalue weighted by Gasteiger charge is 1.98. The molecule has 1 aromatic rings. The minimum atomic E-state index is -0.136. The zero-order chi connectivity index (χ0) is 9.52. The fourth-order valence-electron chi connectivity index (χ4n) is 0.877. The van der Waals surface area contributed by atoms with E-state index in [0.29, 0.717) is 13.1 Å². The summed E-state index contributed by atoms with van der Waals surface area (Å²) in [5.74, 6) is 0. The zero-order valence-corrected chi connectivity index (χ0v) is 7.67. The van der Waals surface area contributed by atoms with Gasteiger partial charge in [0.15, 0.2) is 0 Å². The molecule has 0 spiro atoms. The van der Waals surface area contributed by atoms with E-state index < -0.39 is 0 Å². The average molecular weight is 182 g/mol. The van der Waals surface area contributed by atoms with Gasteiger partial charge in [-0.25, -0.2) is 4.79 Å². The van der Waals surface area contributed by atoms with E-state index in [1.54, 1.807) is 12.5 Å². The minimum Gasteiger partial charge on any atom is -0.472 e. The largest absolute Gasteiger partial charge is 0.472 e. The van der Waals surface area contributed by atoms with Gasteiger partial charge < -0.3 is 15.1 Å². The number of carbonyl (C=O) groups excluding carboxylic acids is 1. The van der Waals surface area contributed by atoms with Gasteiger partial charge in [-0.05, 0) is 12.5 Å². The lowest BCUT2D eigenvalue weighted by molar-refractivity contribution is 0.240. The Kier molecular flexibility index (Phi) is 3.88. The van der Waals surface area contributed by atoms with Gasteiger partial charge in [-0.2, -0.15) is 0 Å². The minimum absolute atomic E-state index is 0.136. The Labute approximate surface area is 77.3 Å². The van der Waals surface area contributed by atoms with Crippen LogP contribution in [0.2, 0.25) is 0 Å². The predicted molar refractivity (Wildman–Crippen MR) is 49.2 cm³/mol. The van der Waals surface area contributed by atoms with Gasteiger partial charge >= 0.3 is 6.03 Å². The normalized spacial score (nSPS) is 9.62. The van der Waals surface area contributed by atoms with Gasteiger partial charge in [0.25, 0.3) is 0 Å². The molecule has 0 radical (unpaired) electrons. The van der Waals surface area contributed by atoms with Crippen molar-refractivity contribution in [3.63, 3.8) is 0 Å². The molecule has 0 aliphatic heterocycles. The zero-order valence-electron chi connectivity index (χ0n) is 7.67. The summed E-state index contributed by atoms with van der Waals surface area (Å²) in [6, 6.07) is 1.68. The van der Waals surface area contributed by atoms with E-state index in [9.17, 15) is 4.79 Å². The van der Waals surface area contributed by atoms with Crippen LogP contribution in [0.25, 0.3) is 0 Å². The second-order valence-corrected chi connectivity index (χ2v) is 2.74. The molecule has 4 nitrogen and oxygen atoms in total. The van der Waals surface area contributed by atoms with Crippen LogP contribution in [0.3, 0.4) is 0 Å². The van der Waals surface area contributed by atoms with Crippen LogP contribution in [0, 0.1) is 0 Å². The summed E-state index contributed by atoms with van der Waals surface area (Å²) < 4.78 is 4.86. The Hall–Kier alpha value is -1.45. The standard InChI is InChI=1S/C9H14N2O2/c1-2-4-10-9(12)11-6-8-3-5-13-7-8/h3,5,7H,2,4,6H2,1H3,(H2,10,11,12). The molecule has 2 N–H and O–H groups in total. The molecule has 0 aliphatic rings. The molecule has 0 aliphatic carbocycles. The lowest BCUT2D eigenvalue weighted by Crippen LogP contribution is -2.35. The van der Waals surface area contributed by atoms with E-state index in [1.807, 2.05) is 13.0 Å². The third kappa shape index (κ3) is 3.64. The quantitative estimate of drug-likeness (QED) is 0.741. The average Bonchev–Trinajstić information content (AvgIpc) is 2.64. The lowest BCUT2D eigenvalue weighted by Gasteiger charge is -2.04. The van der Waals surface area contributed by atoms with Crippen LogP contribution < -0.4 is 10.6 Å². The topological polar surface area (TPSA) is 54.3 Å². The van der Waals surface area contributed by atoms with Gasteiger partial charge in [0, 0.05) is 18.7 Å². The number of rotatable bonds is 4. The lowest BCUT2D eigenvalue weighted by atomic mass is 10.3. The van der Waals surface area contributed by atoms with Gasteiger partial charge in [0.05, 0.1) is 12.5 Å². The van der Waals surface area contributed by atoms with Crippen molar-refractivity contribution in [1.82, 2.24) is 10.6 Å². The molecule has 1 heterocycles. The van der Waals surface area contributed by atoms with E-state index in [0.717, 1.165) is 12.0 Å². The molecular formula is C9H14N2O2. The third-order valence-electron chi connectivity index (χ3n) is 1.57.